The summed E-state index contributed by atoms with van der Waals surface area (Å²) in [6.45, 7) is 7.62. The molecule has 0 amide bonds. The molecule has 106 valence electrons. The summed E-state index contributed by atoms with van der Waals surface area (Å²) in [7, 11) is 3.39. The number of rotatable bonds is 3. The van der Waals surface area contributed by atoms with Gasteiger partial charge in [-0.05, 0) is 31.5 Å². The number of hydrogen-bond acceptors (Lipinski definition) is 4. The average Bonchev–Trinajstić information content (AvgIpc) is 2.59. The van der Waals surface area contributed by atoms with Crippen LogP contribution < -0.4 is 19.7 Å². The second-order valence-corrected chi connectivity index (χ2v) is 5.30. The van der Waals surface area contributed by atoms with Gasteiger partial charge in [0.25, 0.3) is 0 Å². The van der Waals surface area contributed by atoms with Gasteiger partial charge >= 0.3 is 0 Å². The molecule has 2 unspecified atom stereocenters. The minimum Gasteiger partial charge on any atom is -0.497 e. The second kappa shape index (κ2) is 6.15. The first-order chi connectivity index (χ1) is 9.15. The lowest BCUT2D eigenvalue weighted by Crippen LogP contribution is -2.38. The van der Waals surface area contributed by atoms with Gasteiger partial charge in [-0.2, -0.15) is 0 Å². The van der Waals surface area contributed by atoms with Crippen molar-refractivity contribution in [1.82, 2.24) is 5.32 Å². The van der Waals surface area contributed by atoms with Gasteiger partial charge in [0, 0.05) is 25.2 Å². The average molecular weight is 264 g/mol. The first kappa shape index (κ1) is 14.0. The summed E-state index contributed by atoms with van der Waals surface area (Å²) in [4.78, 5) is 2.42. The minimum absolute atomic E-state index is 0.451. The van der Waals surface area contributed by atoms with Gasteiger partial charge < -0.3 is 19.7 Å². The summed E-state index contributed by atoms with van der Waals surface area (Å²) in [5.74, 6) is 2.33. The first-order valence-corrected chi connectivity index (χ1v) is 6.85. The smallest absolute Gasteiger partial charge is 0.145 e. The lowest BCUT2D eigenvalue weighted by Gasteiger charge is -2.31. The normalized spacial score (nSPS) is 23.9. The summed E-state index contributed by atoms with van der Waals surface area (Å²) in [5.41, 5.74) is 1.14. The maximum atomic E-state index is 5.52. The van der Waals surface area contributed by atoms with Crippen LogP contribution in [0.2, 0.25) is 0 Å². The van der Waals surface area contributed by atoms with Crippen LogP contribution in [0.1, 0.15) is 13.8 Å². The molecule has 2 rings (SSSR count). The molecule has 0 aliphatic carbocycles. The van der Waals surface area contributed by atoms with Crippen LogP contribution >= 0.6 is 0 Å². The van der Waals surface area contributed by atoms with Crippen LogP contribution in [0.4, 0.5) is 5.69 Å². The van der Waals surface area contributed by atoms with Gasteiger partial charge in [0.05, 0.1) is 19.9 Å². The van der Waals surface area contributed by atoms with E-state index in [1.54, 1.807) is 14.2 Å². The molecule has 2 atom stereocenters. The van der Waals surface area contributed by atoms with Crippen molar-refractivity contribution >= 4 is 5.69 Å². The van der Waals surface area contributed by atoms with Gasteiger partial charge in [0.1, 0.15) is 11.5 Å². The van der Waals surface area contributed by atoms with Crippen molar-refractivity contribution in [3.8, 4) is 11.5 Å². The Morgan fingerprint density at radius 1 is 1.16 bits per heavy atom. The third-order valence-corrected chi connectivity index (χ3v) is 3.67. The molecule has 0 spiro atoms. The number of methoxy groups -OCH3 is 2. The molecule has 0 saturated carbocycles. The lowest BCUT2D eigenvalue weighted by molar-refractivity contribution is 0.393. The number of nitrogens with zero attached hydrogens (tertiary/aromatic N) is 1. The topological polar surface area (TPSA) is 33.7 Å². The SMILES string of the molecule is COc1ccc(N2CC(C)CNCC2C)c(OC)c1. The van der Waals surface area contributed by atoms with Gasteiger partial charge in [-0.25, -0.2) is 0 Å². The van der Waals surface area contributed by atoms with E-state index in [2.05, 4.69) is 30.1 Å². The van der Waals surface area contributed by atoms with Crippen molar-refractivity contribution in [3.05, 3.63) is 18.2 Å². The second-order valence-electron chi connectivity index (χ2n) is 5.30. The predicted molar refractivity (Wildman–Crippen MR) is 78.4 cm³/mol. The highest BCUT2D eigenvalue weighted by Gasteiger charge is 2.23. The van der Waals surface area contributed by atoms with E-state index < -0.39 is 0 Å². The molecule has 0 bridgehead atoms. The molecule has 1 saturated heterocycles. The predicted octanol–water partition coefficient (Wildman–Crippen LogP) is 2.14. The first-order valence-electron chi connectivity index (χ1n) is 6.85. The van der Waals surface area contributed by atoms with E-state index in [9.17, 15) is 0 Å². The number of nitrogens with one attached hydrogen (secondary N) is 1. The van der Waals surface area contributed by atoms with E-state index >= 15 is 0 Å². The molecule has 19 heavy (non-hydrogen) atoms. The Morgan fingerprint density at radius 2 is 1.95 bits per heavy atom. The molecular weight excluding hydrogens is 240 g/mol. The van der Waals surface area contributed by atoms with Crippen molar-refractivity contribution < 1.29 is 9.47 Å². The molecule has 1 aliphatic heterocycles. The van der Waals surface area contributed by atoms with Crippen LogP contribution in [0, 0.1) is 5.92 Å². The van der Waals surface area contributed by atoms with E-state index in [-0.39, 0.29) is 0 Å². The monoisotopic (exact) mass is 264 g/mol. The molecule has 1 N–H and O–H groups in total. The molecule has 0 aromatic heterocycles. The molecule has 1 fully saturated rings. The highest BCUT2D eigenvalue weighted by atomic mass is 16.5. The van der Waals surface area contributed by atoms with Crippen molar-refractivity contribution in [3.63, 3.8) is 0 Å². The Labute approximate surface area is 115 Å². The molecule has 4 nitrogen and oxygen atoms in total. The summed E-state index contributed by atoms with van der Waals surface area (Å²) in [6.07, 6.45) is 0. The molecule has 1 aromatic carbocycles. The summed E-state index contributed by atoms with van der Waals surface area (Å²) < 4.78 is 10.8. The highest BCUT2D eigenvalue weighted by molar-refractivity contribution is 5.61. The Balaban J connectivity index is 2.32. The van der Waals surface area contributed by atoms with Gasteiger partial charge in [-0.3, -0.25) is 0 Å². The fourth-order valence-electron chi connectivity index (χ4n) is 2.59. The zero-order valence-corrected chi connectivity index (χ0v) is 12.3. The van der Waals surface area contributed by atoms with E-state index in [1.807, 2.05) is 12.1 Å². The zero-order chi connectivity index (χ0) is 13.8. The summed E-state index contributed by atoms with van der Waals surface area (Å²) in [5, 5.41) is 3.50. The van der Waals surface area contributed by atoms with Crippen molar-refractivity contribution in [2.75, 3.05) is 38.8 Å². The molecule has 1 heterocycles. The maximum Gasteiger partial charge on any atom is 0.145 e. The Hall–Kier alpha value is -1.42. The summed E-state index contributed by atoms with van der Waals surface area (Å²) in [6, 6.07) is 6.48. The standard InChI is InChI=1S/C15H24N2O2/c1-11-8-16-9-12(2)17(10-11)14-6-5-13(18-3)7-15(14)19-4/h5-7,11-12,16H,8-10H2,1-4H3. The third-order valence-electron chi connectivity index (χ3n) is 3.67. The van der Waals surface area contributed by atoms with Crippen LogP contribution in [0.15, 0.2) is 18.2 Å². The Bertz CT molecular complexity index is 423. The highest BCUT2D eigenvalue weighted by Crippen LogP contribution is 2.34. The van der Waals surface area contributed by atoms with Gasteiger partial charge in [0.15, 0.2) is 0 Å². The van der Waals surface area contributed by atoms with Crippen LogP contribution in [0.3, 0.4) is 0 Å². The van der Waals surface area contributed by atoms with Gasteiger partial charge in [-0.15, -0.1) is 0 Å². The number of benzene rings is 1. The van der Waals surface area contributed by atoms with Gasteiger partial charge in [0.2, 0.25) is 0 Å². The molecule has 4 heteroatoms. The summed E-state index contributed by atoms with van der Waals surface area (Å²) >= 11 is 0. The van der Waals surface area contributed by atoms with Crippen molar-refractivity contribution in [2.45, 2.75) is 19.9 Å². The number of hydrogen-bond donors (Lipinski definition) is 1. The fourth-order valence-corrected chi connectivity index (χ4v) is 2.59. The van der Waals surface area contributed by atoms with E-state index in [4.69, 9.17) is 9.47 Å². The Morgan fingerprint density at radius 3 is 2.63 bits per heavy atom. The Kier molecular flexibility index (Phi) is 4.53. The van der Waals surface area contributed by atoms with Gasteiger partial charge in [-0.1, -0.05) is 6.92 Å². The zero-order valence-electron chi connectivity index (χ0n) is 12.3. The van der Waals surface area contributed by atoms with Crippen molar-refractivity contribution in [2.24, 2.45) is 5.92 Å². The van der Waals surface area contributed by atoms with Crippen LogP contribution in [-0.4, -0.2) is 39.9 Å². The van der Waals surface area contributed by atoms with Crippen LogP contribution in [-0.2, 0) is 0 Å². The lowest BCUT2D eigenvalue weighted by atomic mass is 10.1. The minimum atomic E-state index is 0.451. The van der Waals surface area contributed by atoms with Crippen molar-refractivity contribution in [1.29, 1.82) is 0 Å². The number of anilines is 1. The van der Waals surface area contributed by atoms with E-state index in [1.165, 1.54) is 0 Å². The quantitative estimate of drug-likeness (QED) is 0.907. The fraction of sp³-hybridized carbons (Fsp3) is 0.600. The third kappa shape index (κ3) is 3.13. The molecule has 1 aromatic rings. The largest absolute Gasteiger partial charge is 0.497 e. The molecular formula is C15H24N2O2. The molecule has 0 radical (unpaired) electrons. The molecule has 1 aliphatic rings. The van der Waals surface area contributed by atoms with E-state index in [0.717, 1.165) is 36.8 Å². The maximum absolute atomic E-state index is 5.52. The van der Waals surface area contributed by atoms with E-state index in [0.29, 0.717) is 12.0 Å². The van der Waals surface area contributed by atoms with Crippen LogP contribution in [0.25, 0.3) is 0 Å². The van der Waals surface area contributed by atoms with Crippen LogP contribution in [0.5, 0.6) is 11.5 Å². The number of ether oxygens (including phenoxy) is 2.